The van der Waals surface area contributed by atoms with E-state index in [1.54, 1.807) is 18.3 Å². The fraction of sp³-hybridized carbons (Fsp3) is 0.375. The van der Waals surface area contributed by atoms with E-state index in [-0.39, 0.29) is 31.5 Å². The van der Waals surface area contributed by atoms with Gasteiger partial charge in [-0.15, -0.1) is 4.72 Å². The molecule has 1 N–H and O–H groups in total. The quantitative estimate of drug-likeness (QED) is 0.151. The van der Waals surface area contributed by atoms with Crippen LogP contribution in [0.3, 0.4) is 0 Å². The normalized spacial score (nSPS) is 12.6. The van der Waals surface area contributed by atoms with Crippen LogP contribution < -0.4 is 9.46 Å². The number of nitrogens with zero attached hydrogens (tertiary/aromatic N) is 2. The molecule has 0 unspecified atom stereocenters. The molecule has 1 atom stereocenters. The zero-order chi connectivity index (χ0) is 30.6. The SMILES string of the molecule is CC(=O)OCCc1ccc(F)cc1OCc1cc(-c2ccnc(CN[S@@+]([O-])C(C)(C)C)c2F)c2ccn(C(C)C)c2c1. The standard InChI is InChI=1S/C32H37F2N3O4S/c1-20(2)37-13-10-25-27(26-9-12-35-28(31(26)34)18-36-42(39)32(4,5)6)15-22(16-29(25)37)19-41-30-17-24(33)8-7-23(30)11-14-40-21(3)38/h7-10,12-13,15-17,20,36H,11,14,18-19H2,1-6H3/t42-/m0/s1. The van der Waals surface area contributed by atoms with Crippen LogP contribution in [0.2, 0.25) is 0 Å². The molecule has 2 aromatic heterocycles. The Morgan fingerprint density at radius 2 is 1.88 bits per heavy atom. The summed E-state index contributed by atoms with van der Waals surface area (Å²) in [6.07, 6.45) is 3.89. The summed E-state index contributed by atoms with van der Waals surface area (Å²) < 4.78 is 58.2. The van der Waals surface area contributed by atoms with Crippen molar-refractivity contribution in [1.29, 1.82) is 0 Å². The first kappa shape index (κ1) is 31.5. The average molecular weight is 598 g/mol. The van der Waals surface area contributed by atoms with Crippen LogP contribution in [-0.2, 0) is 40.5 Å². The number of fused-ring (bicyclic) bond motifs is 1. The van der Waals surface area contributed by atoms with Crippen LogP contribution in [0.15, 0.2) is 54.9 Å². The zero-order valence-electron chi connectivity index (χ0n) is 24.8. The predicted octanol–water partition coefficient (Wildman–Crippen LogP) is 6.80. The first-order valence-corrected chi connectivity index (χ1v) is 15.0. The van der Waals surface area contributed by atoms with Crippen LogP contribution in [0, 0.1) is 11.6 Å². The molecule has 0 radical (unpaired) electrons. The van der Waals surface area contributed by atoms with Crippen molar-refractivity contribution < 1.29 is 27.6 Å². The molecule has 0 aliphatic carbocycles. The second-order valence-corrected chi connectivity index (χ2v) is 13.4. The number of carbonyl (C=O) groups excluding carboxylic acids is 1. The van der Waals surface area contributed by atoms with Gasteiger partial charge in [-0.25, -0.2) is 8.78 Å². The maximum Gasteiger partial charge on any atom is 0.302 e. The van der Waals surface area contributed by atoms with E-state index >= 15 is 4.39 Å². The Balaban J connectivity index is 1.69. The van der Waals surface area contributed by atoms with Crippen molar-refractivity contribution in [2.24, 2.45) is 0 Å². The van der Waals surface area contributed by atoms with Crippen molar-refractivity contribution in [2.75, 3.05) is 6.61 Å². The number of esters is 1. The maximum absolute atomic E-state index is 15.9. The topological polar surface area (TPSA) is 88.4 Å². The van der Waals surface area contributed by atoms with Crippen molar-refractivity contribution in [2.45, 2.75) is 71.9 Å². The third-order valence-electron chi connectivity index (χ3n) is 6.73. The van der Waals surface area contributed by atoms with Gasteiger partial charge in [0.25, 0.3) is 0 Å². The number of ether oxygens (including phenoxy) is 2. The van der Waals surface area contributed by atoms with Gasteiger partial charge in [0.2, 0.25) is 0 Å². The van der Waals surface area contributed by atoms with Crippen molar-refractivity contribution in [1.82, 2.24) is 14.3 Å². The number of hydrogen-bond donors (Lipinski definition) is 1. The van der Waals surface area contributed by atoms with Gasteiger partial charge < -0.3 is 18.6 Å². The van der Waals surface area contributed by atoms with Gasteiger partial charge in [0.15, 0.2) is 5.82 Å². The van der Waals surface area contributed by atoms with Gasteiger partial charge in [-0.05, 0) is 81.6 Å². The summed E-state index contributed by atoms with van der Waals surface area (Å²) in [4.78, 5) is 15.4. The average Bonchev–Trinajstić information content (AvgIpc) is 3.35. The molecular formula is C32H37F2N3O4S. The molecule has 0 saturated heterocycles. The highest BCUT2D eigenvalue weighted by Gasteiger charge is 2.27. The zero-order valence-corrected chi connectivity index (χ0v) is 25.6. The van der Waals surface area contributed by atoms with Gasteiger partial charge >= 0.3 is 5.97 Å². The third-order valence-corrected chi connectivity index (χ3v) is 8.25. The predicted molar refractivity (Wildman–Crippen MR) is 161 cm³/mol. The number of carbonyl (C=O) groups is 1. The summed E-state index contributed by atoms with van der Waals surface area (Å²) in [6, 6.07) is 11.9. The molecule has 7 nitrogen and oxygen atoms in total. The lowest BCUT2D eigenvalue weighted by Crippen LogP contribution is -2.39. The highest BCUT2D eigenvalue weighted by atomic mass is 32.2. The summed E-state index contributed by atoms with van der Waals surface area (Å²) in [5.41, 5.74) is 3.57. The van der Waals surface area contributed by atoms with Crippen molar-refractivity contribution in [3.63, 3.8) is 0 Å². The van der Waals surface area contributed by atoms with Crippen molar-refractivity contribution in [3.8, 4) is 16.9 Å². The first-order valence-electron chi connectivity index (χ1n) is 13.8. The van der Waals surface area contributed by atoms with Gasteiger partial charge in [0.1, 0.15) is 22.9 Å². The van der Waals surface area contributed by atoms with Crippen LogP contribution in [0.25, 0.3) is 22.0 Å². The molecule has 0 aliphatic heterocycles. The Morgan fingerprint density at radius 3 is 2.57 bits per heavy atom. The molecule has 10 heteroatoms. The number of rotatable bonds is 11. The molecule has 42 heavy (non-hydrogen) atoms. The van der Waals surface area contributed by atoms with Crippen LogP contribution in [0.4, 0.5) is 8.78 Å². The first-order chi connectivity index (χ1) is 19.8. The second-order valence-electron chi connectivity index (χ2n) is 11.3. The Hall–Kier alpha value is -3.47. The van der Waals surface area contributed by atoms with Gasteiger partial charge in [0.05, 0.1) is 18.8 Å². The third kappa shape index (κ3) is 7.48. The maximum atomic E-state index is 15.9. The van der Waals surface area contributed by atoms with Crippen molar-refractivity contribution >= 4 is 28.2 Å². The Bertz CT molecular complexity index is 1570. The molecule has 224 valence electrons. The van der Waals surface area contributed by atoms with E-state index in [9.17, 15) is 13.7 Å². The Kier molecular flexibility index (Phi) is 9.91. The summed E-state index contributed by atoms with van der Waals surface area (Å²) in [5.74, 6) is -0.986. The second kappa shape index (κ2) is 13.2. The molecule has 0 bridgehead atoms. The summed E-state index contributed by atoms with van der Waals surface area (Å²) in [6.45, 7) is 11.2. The van der Waals surface area contributed by atoms with Crippen LogP contribution in [0.1, 0.15) is 64.4 Å². The summed E-state index contributed by atoms with van der Waals surface area (Å²) >= 11 is -1.38. The highest BCUT2D eigenvalue weighted by Crippen LogP contribution is 2.35. The summed E-state index contributed by atoms with van der Waals surface area (Å²) in [7, 11) is 0. The molecule has 0 fully saturated rings. The Labute approximate surface area is 248 Å². The fourth-order valence-corrected chi connectivity index (χ4v) is 5.28. The van der Waals surface area contributed by atoms with E-state index in [2.05, 4.69) is 28.1 Å². The van der Waals surface area contributed by atoms with E-state index in [1.807, 2.05) is 45.2 Å². The number of benzene rings is 2. The Morgan fingerprint density at radius 1 is 1.12 bits per heavy atom. The lowest BCUT2D eigenvalue weighted by atomic mass is 9.98. The largest absolute Gasteiger partial charge is 0.598 e. The van der Waals surface area contributed by atoms with E-state index in [0.29, 0.717) is 28.9 Å². The molecule has 2 aromatic carbocycles. The summed E-state index contributed by atoms with van der Waals surface area (Å²) in [5, 5.41) is 0.863. The van der Waals surface area contributed by atoms with E-state index in [4.69, 9.17) is 9.47 Å². The minimum absolute atomic E-state index is 0.0121. The molecular weight excluding hydrogens is 560 g/mol. The molecule has 0 spiro atoms. The lowest BCUT2D eigenvalue weighted by molar-refractivity contribution is -0.140. The van der Waals surface area contributed by atoms with Crippen LogP contribution in [-0.4, -0.2) is 31.4 Å². The molecule has 4 rings (SSSR count). The number of nitrogens with one attached hydrogen (secondary N) is 1. The van der Waals surface area contributed by atoms with E-state index < -0.39 is 33.7 Å². The fourth-order valence-electron chi connectivity index (χ4n) is 4.58. The number of aromatic nitrogens is 2. The number of hydrogen-bond acceptors (Lipinski definition) is 6. The highest BCUT2D eigenvalue weighted by molar-refractivity contribution is 7.90. The molecule has 2 heterocycles. The van der Waals surface area contributed by atoms with Gasteiger partial charge in [-0.3, -0.25) is 9.78 Å². The van der Waals surface area contributed by atoms with Crippen LogP contribution in [0.5, 0.6) is 5.75 Å². The van der Waals surface area contributed by atoms with Crippen LogP contribution >= 0.6 is 0 Å². The minimum atomic E-state index is -1.38. The van der Waals surface area contributed by atoms with E-state index in [1.165, 1.54) is 19.1 Å². The lowest BCUT2D eigenvalue weighted by Gasteiger charge is -2.23. The number of halogens is 2. The minimum Gasteiger partial charge on any atom is -0.598 e. The van der Waals surface area contributed by atoms with Gasteiger partial charge in [0, 0.05) is 65.7 Å². The molecule has 0 aliphatic rings. The van der Waals surface area contributed by atoms with Gasteiger partial charge in [-0.2, -0.15) is 0 Å². The molecule has 0 saturated carbocycles. The van der Waals surface area contributed by atoms with E-state index in [0.717, 1.165) is 16.5 Å². The van der Waals surface area contributed by atoms with Crippen molar-refractivity contribution in [3.05, 3.63) is 83.3 Å². The number of pyridine rings is 1. The smallest absolute Gasteiger partial charge is 0.302 e. The molecule has 4 aromatic rings. The molecule has 0 amide bonds. The van der Waals surface area contributed by atoms with Gasteiger partial charge in [-0.1, -0.05) is 6.07 Å². The monoisotopic (exact) mass is 597 g/mol.